The number of hydrogen-bond donors (Lipinski definition) is 2. The van der Waals surface area contributed by atoms with Crippen LogP contribution < -0.4 is 0 Å². The summed E-state index contributed by atoms with van der Waals surface area (Å²) in [6, 6.07) is 0. The lowest BCUT2D eigenvalue weighted by Crippen LogP contribution is -2.70. The number of fused-ring (bicyclic) bond motifs is 3. The van der Waals surface area contributed by atoms with Crippen LogP contribution in [0.4, 0.5) is 0 Å². The summed E-state index contributed by atoms with van der Waals surface area (Å²) in [6.07, 6.45) is 6.11. The third-order valence-electron chi connectivity index (χ3n) is 9.09. The maximum absolute atomic E-state index is 12.7. The summed E-state index contributed by atoms with van der Waals surface area (Å²) in [5, 5.41) is 23.2. The molecule has 4 nitrogen and oxygen atoms in total. The molecule has 1 spiro atoms. The van der Waals surface area contributed by atoms with Crippen molar-refractivity contribution in [1.29, 1.82) is 0 Å². The minimum Gasteiger partial charge on any atom is -0.469 e. The molecule has 4 saturated carbocycles. The quantitative estimate of drug-likeness (QED) is 0.564. The van der Waals surface area contributed by atoms with Crippen molar-refractivity contribution in [1.82, 2.24) is 0 Å². The first kappa shape index (κ1) is 17.5. The second-order valence-electron chi connectivity index (χ2n) is 9.70. The summed E-state index contributed by atoms with van der Waals surface area (Å²) in [5.74, 6) is 0.286. The van der Waals surface area contributed by atoms with E-state index in [1.165, 1.54) is 7.11 Å². The second kappa shape index (κ2) is 5.10. The van der Waals surface area contributed by atoms with Crippen molar-refractivity contribution in [3.05, 3.63) is 12.2 Å². The van der Waals surface area contributed by atoms with E-state index in [1.807, 2.05) is 6.92 Å². The summed E-state index contributed by atoms with van der Waals surface area (Å²) >= 11 is 0. The van der Waals surface area contributed by atoms with Crippen molar-refractivity contribution >= 4 is 5.97 Å². The lowest BCUT2D eigenvalue weighted by atomic mass is 9.38. The molecule has 25 heavy (non-hydrogen) atoms. The van der Waals surface area contributed by atoms with Gasteiger partial charge in [0.1, 0.15) is 0 Å². The number of methoxy groups -OCH3 is 1. The molecule has 0 aliphatic heterocycles. The molecule has 0 aromatic rings. The van der Waals surface area contributed by atoms with Gasteiger partial charge >= 0.3 is 5.97 Å². The molecule has 7 unspecified atom stereocenters. The molecule has 0 aromatic carbocycles. The highest BCUT2D eigenvalue weighted by Crippen LogP contribution is 2.73. The molecular formula is C21H32O4. The fraction of sp³-hybridized carbons (Fsp3) is 0.857. The highest BCUT2D eigenvalue weighted by atomic mass is 16.5. The molecule has 7 atom stereocenters. The summed E-state index contributed by atoms with van der Waals surface area (Å²) in [7, 11) is 1.47. The number of esters is 1. The van der Waals surface area contributed by atoms with Gasteiger partial charge in [-0.25, -0.2) is 0 Å². The minimum absolute atomic E-state index is 0.0921. The number of ether oxygens (including phenoxy) is 1. The normalized spacial score (nSPS) is 54.6. The first-order chi connectivity index (χ1) is 11.7. The van der Waals surface area contributed by atoms with Crippen LogP contribution in [-0.4, -0.2) is 35.0 Å². The van der Waals surface area contributed by atoms with E-state index >= 15 is 0 Å². The smallest absolute Gasteiger partial charge is 0.311 e. The van der Waals surface area contributed by atoms with Crippen molar-refractivity contribution in [2.24, 2.45) is 28.1 Å². The predicted molar refractivity (Wildman–Crippen MR) is 94.7 cm³/mol. The van der Waals surface area contributed by atoms with E-state index in [9.17, 15) is 15.0 Å². The summed E-state index contributed by atoms with van der Waals surface area (Å²) in [6.45, 7) is 8.36. The molecule has 2 bridgehead atoms. The van der Waals surface area contributed by atoms with E-state index < -0.39 is 22.5 Å². The molecule has 140 valence electrons. The van der Waals surface area contributed by atoms with Crippen LogP contribution in [0.5, 0.6) is 0 Å². The SMILES string of the molecule is C=C1C2CCC3(O)C4(C)CCCC(C)(C(=O)OC)C4CCC3(C2)C1O. The number of aliphatic hydroxyl groups is 2. The van der Waals surface area contributed by atoms with Crippen LogP contribution in [0, 0.1) is 28.1 Å². The van der Waals surface area contributed by atoms with Crippen LogP contribution in [0.25, 0.3) is 0 Å². The Morgan fingerprint density at radius 1 is 1.20 bits per heavy atom. The number of aliphatic hydroxyl groups excluding tert-OH is 1. The molecule has 0 aromatic heterocycles. The predicted octanol–water partition coefficient (Wildman–Crippen LogP) is 3.21. The van der Waals surface area contributed by atoms with Gasteiger partial charge in [0, 0.05) is 10.8 Å². The molecule has 4 aliphatic carbocycles. The molecule has 0 radical (unpaired) electrons. The van der Waals surface area contributed by atoms with E-state index in [1.54, 1.807) is 0 Å². The highest BCUT2D eigenvalue weighted by Gasteiger charge is 2.74. The second-order valence-corrected chi connectivity index (χ2v) is 9.70. The van der Waals surface area contributed by atoms with Crippen LogP contribution in [0.3, 0.4) is 0 Å². The van der Waals surface area contributed by atoms with Gasteiger partial charge < -0.3 is 14.9 Å². The van der Waals surface area contributed by atoms with Gasteiger partial charge in [-0.1, -0.05) is 19.9 Å². The van der Waals surface area contributed by atoms with E-state index in [0.29, 0.717) is 12.3 Å². The molecule has 4 fully saturated rings. The molecule has 4 heteroatoms. The van der Waals surface area contributed by atoms with E-state index in [0.717, 1.165) is 50.5 Å². The molecule has 4 rings (SSSR count). The Morgan fingerprint density at radius 2 is 1.92 bits per heavy atom. The van der Waals surface area contributed by atoms with E-state index in [2.05, 4.69) is 13.5 Å². The van der Waals surface area contributed by atoms with Gasteiger partial charge in [0.25, 0.3) is 0 Å². The lowest BCUT2D eigenvalue weighted by molar-refractivity contribution is -0.277. The molecule has 0 amide bonds. The van der Waals surface area contributed by atoms with Gasteiger partial charge in [-0.3, -0.25) is 4.79 Å². The average molecular weight is 348 g/mol. The van der Waals surface area contributed by atoms with Crippen LogP contribution in [0.2, 0.25) is 0 Å². The average Bonchev–Trinajstić information content (AvgIpc) is 2.79. The van der Waals surface area contributed by atoms with E-state index in [-0.39, 0.29) is 17.3 Å². The zero-order valence-electron chi connectivity index (χ0n) is 15.8. The van der Waals surface area contributed by atoms with Crippen molar-refractivity contribution in [2.45, 2.75) is 76.9 Å². The third kappa shape index (κ3) is 1.78. The number of carbonyl (C=O) groups excluding carboxylic acids is 1. The standard InChI is InChI=1S/C21H32O4/c1-13-14-6-11-21(24)19(3)9-5-8-18(2,17(23)25-4)15(19)7-10-20(21,12-14)16(13)22/h14-16,22,24H,1,5-12H2,2-4H3. The number of rotatable bonds is 1. The highest BCUT2D eigenvalue weighted by molar-refractivity contribution is 5.77. The lowest BCUT2D eigenvalue weighted by Gasteiger charge is -2.68. The Kier molecular flexibility index (Phi) is 3.58. The summed E-state index contributed by atoms with van der Waals surface area (Å²) in [5.41, 5.74) is -1.41. The van der Waals surface area contributed by atoms with Crippen LogP contribution in [0.15, 0.2) is 12.2 Å². The molecular weight excluding hydrogens is 316 g/mol. The van der Waals surface area contributed by atoms with Crippen LogP contribution in [0.1, 0.15) is 65.2 Å². The largest absolute Gasteiger partial charge is 0.469 e. The summed E-state index contributed by atoms with van der Waals surface area (Å²) in [4.78, 5) is 12.7. The third-order valence-corrected chi connectivity index (χ3v) is 9.09. The Morgan fingerprint density at radius 3 is 2.60 bits per heavy atom. The Hall–Kier alpha value is -0.870. The van der Waals surface area contributed by atoms with Gasteiger partial charge in [-0.15, -0.1) is 0 Å². The molecule has 4 aliphatic rings. The Bertz CT molecular complexity index is 629. The maximum atomic E-state index is 12.7. The fourth-order valence-electron chi connectivity index (χ4n) is 7.76. The number of carbonyl (C=O) groups is 1. The zero-order valence-corrected chi connectivity index (χ0v) is 15.8. The van der Waals surface area contributed by atoms with Crippen LogP contribution >= 0.6 is 0 Å². The van der Waals surface area contributed by atoms with E-state index in [4.69, 9.17) is 4.74 Å². The summed E-state index contributed by atoms with van der Waals surface area (Å²) < 4.78 is 5.17. The number of hydrogen-bond acceptors (Lipinski definition) is 4. The first-order valence-corrected chi connectivity index (χ1v) is 9.84. The van der Waals surface area contributed by atoms with Gasteiger partial charge in [-0.05, 0) is 69.3 Å². The topological polar surface area (TPSA) is 66.8 Å². The van der Waals surface area contributed by atoms with Crippen molar-refractivity contribution in [3.63, 3.8) is 0 Å². The first-order valence-electron chi connectivity index (χ1n) is 9.84. The monoisotopic (exact) mass is 348 g/mol. The van der Waals surface area contributed by atoms with Gasteiger partial charge in [0.2, 0.25) is 0 Å². The minimum atomic E-state index is -0.937. The van der Waals surface area contributed by atoms with Gasteiger partial charge in [0.05, 0.1) is 24.2 Å². The fourth-order valence-corrected chi connectivity index (χ4v) is 7.76. The van der Waals surface area contributed by atoms with Gasteiger partial charge in [0.15, 0.2) is 0 Å². The van der Waals surface area contributed by atoms with Crippen molar-refractivity contribution < 1.29 is 19.7 Å². The Labute approximate surface area is 150 Å². The molecule has 0 saturated heterocycles. The Balaban J connectivity index is 1.83. The zero-order chi connectivity index (χ0) is 18.3. The van der Waals surface area contributed by atoms with Crippen LogP contribution in [-0.2, 0) is 9.53 Å². The molecule has 0 heterocycles. The van der Waals surface area contributed by atoms with Crippen molar-refractivity contribution in [3.8, 4) is 0 Å². The van der Waals surface area contributed by atoms with Crippen molar-refractivity contribution in [2.75, 3.05) is 7.11 Å². The maximum Gasteiger partial charge on any atom is 0.311 e. The molecule has 2 N–H and O–H groups in total. The van der Waals surface area contributed by atoms with Gasteiger partial charge in [-0.2, -0.15) is 0 Å².